The summed E-state index contributed by atoms with van der Waals surface area (Å²) in [5, 5.41) is 8.85. The molecule has 6 heteroatoms. The maximum atomic E-state index is 12.4. The lowest BCUT2D eigenvalue weighted by Crippen LogP contribution is -2.45. The quantitative estimate of drug-likeness (QED) is 0.601. The molecule has 1 unspecified atom stereocenters. The van der Waals surface area contributed by atoms with Crippen LogP contribution in [0.5, 0.6) is 0 Å². The predicted octanol–water partition coefficient (Wildman–Crippen LogP) is 0.645. The summed E-state index contributed by atoms with van der Waals surface area (Å²) in [6.07, 6.45) is -0.539. The number of nitriles is 1. The van der Waals surface area contributed by atoms with Crippen LogP contribution in [0.25, 0.3) is 0 Å². The van der Waals surface area contributed by atoms with Gasteiger partial charge < -0.3 is 15.1 Å². The number of ether oxygens (including phenoxy) is 1. The van der Waals surface area contributed by atoms with Gasteiger partial charge in [0.15, 0.2) is 6.10 Å². The molecule has 1 saturated heterocycles. The van der Waals surface area contributed by atoms with Gasteiger partial charge in [0.1, 0.15) is 0 Å². The molecule has 1 heterocycles. The number of aryl methyl sites for hydroxylation is 1. The van der Waals surface area contributed by atoms with Gasteiger partial charge in [-0.3, -0.25) is 10.6 Å². The molecule has 1 amide bonds. The highest BCUT2D eigenvalue weighted by atomic mass is 16.5. The van der Waals surface area contributed by atoms with Gasteiger partial charge in [-0.25, -0.2) is 0 Å². The maximum absolute atomic E-state index is 12.4. The molecule has 0 saturated carbocycles. The van der Waals surface area contributed by atoms with Gasteiger partial charge in [0, 0.05) is 17.8 Å². The van der Waals surface area contributed by atoms with E-state index in [0.717, 1.165) is 11.3 Å². The average molecular weight is 260 g/mol. The van der Waals surface area contributed by atoms with Gasteiger partial charge in [-0.1, -0.05) is 0 Å². The number of carbonyl (C=O) groups excluding carboxylic acids is 1. The Balaban J connectivity index is 2.17. The van der Waals surface area contributed by atoms with Crippen molar-refractivity contribution in [1.82, 2.24) is 4.90 Å². The summed E-state index contributed by atoms with van der Waals surface area (Å²) in [7, 11) is 0. The van der Waals surface area contributed by atoms with Crippen molar-refractivity contribution in [3.05, 3.63) is 29.3 Å². The number of amides is 1. The van der Waals surface area contributed by atoms with Crippen LogP contribution in [0.3, 0.4) is 0 Å². The minimum atomic E-state index is -0.539. The standard InChI is InChI=1S/C13H16N4O2/c1-9-6-10(16-15)2-3-12(9)13(18)17-4-5-19-11(7-14)8-17/h2-3,6,11,16H,4-5,8,15H2,1H3. The molecule has 1 atom stereocenters. The number of benzene rings is 1. The molecule has 100 valence electrons. The largest absolute Gasteiger partial charge is 0.360 e. The highest BCUT2D eigenvalue weighted by Gasteiger charge is 2.25. The number of nitrogen functional groups attached to an aromatic ring is 1. The zero-order chi connectivity index (χ0) is 13.8. The number of morpholine rings is 1. The third kappa shape index (κ3) is 2.84. The normalized spacial score (nSPS) is 18.8. The Morgan fingerprint density at radius 2 is 2.42 bits per heavy atom. The summed E-state index contributed by atoms with van der Waals surface area (Å²) < 4.78 is 5.23. The third-order valence-electron chi connectivity index (χ3n) is 3.12. The van der Waals surface area contributed by atoms with E-state index >= 15 is 0 Å². The summed E-state index contributed by atoms with van der Waals surface area (Å²) in [5.41, 5.74) is 4.77. The van der Waals surface area contributed by atoms with Crippen LogP contribution < -0.4 is 11.3 Å². The van der Waals surface area contributed by atoms with Gasteiger partial charge in [0.2, 0.25) is 0 Å². The Morgan fingerprint density at radius 3 is 3.05 bits per heavy atom. The summed E-state index contributed by atoms with van der Waals surface area (Å²) in [4.78, 5) is 14.0. The summed E-state index contributed by atoms with van der Waals surface area (Å²) in [6.45, 7) is 3.07. The smallest absolute Gasteiger partial charge is 0.254 e. The van der Waals surface area contributed by atoms with E-state index in [0.29, 0.717) is 25.3 Å². The van der Waals surface area contributed by atoms with E-state index in [9.17, 15) is 4.79 Å². The fraction of sp³-hybridized carbons (Fsp3) is 0.385. The van der Waals surface area contributed by atoms with Gasteiger partial charge in [0.05, 0.1) is 19.2 Å². The predicted molar refractivity (Wildman–Crippen MR) is 70.2 cm³/mol. The summed E-state index contributed by atoms with van der Waals surface area (Å²) >= 11 is 0. The average Bonchev–Trinajstić information content (AvgIpc) is 2.46. The highest BCUT2D eigenvalue weighted by molar-refractivity contribution is 5.96. The lowest BCUT2D eigenvalue weighted by atomic mass is 10.1. The van der Waals surface area contributed by atoms with Crippen molar-refractivity contribution in [2.45, 2.75) is 13.0 Å². The lowest BCUT2D eigenvalue weighted by Gasteiger charge is -2.30. The maximum Gasteiger partial charge on any atom is 0.254 e. The van der Waals surface area contributed by atoms with E-state index < -0.39 is 6.10 Å². The van der Waals surface area contributed by atoms with Gasteiger partial charge >= 0.3 is 0 Å². The molecule has 0 radical (unpaired) electrons. The second-order valence-corrected chi connectivity index (χ2v) is 4.41. The van der Waals surface area contributed by atoms with Crippen LogP contribution in [-0.2, 0) is 4.74 Å². The van der Waals surface area contributed by atoms with Crippen LogP contribution in [0.1, 0.15) is 15.9 Å². The Bertz CT molecular complexity index is 524. The van der Waals surface area contributed by atoms with Crippen molar-refractivity contribution in [2.24, 2.45) is 5.84 Å². The van der Waals surface area contributed by atoms with Gasteiger partial charge in [0.25, 0.3) is 5.91 Å². The summed E-state index contributed by atoms with van der Waals surface area (Å²) in [6, 6.07) is 7.34. The van der Waals surface area contributed by atoms with Crippen LogP contribution >= 0.6 is 0 Å². The molecule has 0 bridgehead atoms. The minimum absolute atomic E-state index is 0.0791. The number of hydrogen-bond acceptors (Lipinski definition) is 5. The Kier molecular flexibility index (Phi) is 4.00. The van der Waals surface area contributed by atoms with Crippen LogP contribution in [0, 0.1) is 18.3 Å². The highest BCUT2D eigenvalue weighted by Crippen LogP contribution is 2.17. The zero-order valence-corrected chi connectivity index (χ0v) is 10.7. The molecule has 1 aliphatic heterocycles. The number of hydrazine groups is 1. The van der Waals surface area contributed by atoms with Gasteiger partial charge in [-0.2, -0.15) is 5.26 Å². The van der Waals surface area contributed by atoms with Gasteiger partial charge in [-0.15, -0.1) is 0 Å². The monoisotopic (exact) mass is 260 g/mol. The van der Waals surface area contributed by atoms with E-state index in [2.05, 4.69) is 5.43 Å². The van der Waals surface area contributed by atoms with E-state index in [1.165, 1.54) is 0 Å². The Morgan fingerprint density at radius 1 is 1.63 bits per heavy atom. The van der Waals surface area contributed by atoms with Crippen LogP contribution in [0.2, 0.25) is 0 Å². The first-order valence-corrected chi connectivity index (χ1v) is 6.03. The first-order chi connectivity index (χ1) is 9.15. The molecule has 2 rings (SSSR count). The third-order valence-corrected chi connectivity index (χ3v) is 3.12. The molecule has 1 aromatic rings. The number of carbonyl (C=O) groups is 1. The van der Waals surface area contributed by atoms with E-state index in [1.54, 1.807) is 17.0 Å². The number of rotatable bonds is 2. The topological polar surface area (TPSA) is 91.4 Å². The van der Waals surface area contributed by atoms with E-state index in [4.69, 9.17) is 15.8 Å². The first kappa shape index (κ1) is 13.3. The van der Waals surface area contributed by atoms with Crippen molar-refractivity contribution >= 4 is 11.6 Å². The molecule has 1 aliphatic rings. The molecule has 0 aliphatic carbocycles. The fourth-order valence-electron chi connectivity index (χ4n) is 2.08. The Hall–Kier alpha value is -2.10. The van der Waals surface area contributed by atoms with E-state index in [1.807, 2.05) is 19.1 Å². The molecule has 0 spiro atoms. The number of anilines is 1. The molecule has 3 N–H and O–H groups in total. The number of nitrogens with zero attached hydrogens (tertiary/aromatic N) is 2. The van der Waals surface area contributed by atoms with Crippen molar-refractivity contribution in [1.29, 1.82) is 5.26 Å². The van der Waals surface area contributed by atoms with Crippen molar-refractivity contribution < 1.29 is 9.53 Å². The van der Waals surface area contributed by atoms with Crippen molar-refractivity contribution in [3.8, 4) is 6.07 Å². The zero-order valence-electron chi connectivity index (χ0n) is 10.7. The number of nitrogens with one attached hydrogen (secondary N) is 1. The summed E-state index contributed by atoms with van der Waals surface area (Å²) in [5.74, 6) is 5.25. The van der Waals surface area contributed by atoms with Crippen LogP contribution in [0.15, 0.2) is 18.2 Å². The Labute approximate surface area is 111 Å². The van der Waals surface area contributed by atoms with Crippen molar-refractivity contribution in [2.75, 3.05) is 25.1 Å². The number of hydrogen-bond donors (Lipinski definition) is 2. The second kappa shape index (κ2) is 5.69. The lowest BCUT2D eigenvalue weighted by molar-refractivity contribution is 0.00343. The molecule has 1 aromatic carbocycles. The number of nitrogens with two attached hydrogens (primary N) is 1. The van der Waals surface area contributed by atoms with Crippen LogP contribution in [-0.4, -0.2) is 36.6 Å². The van der Waals surface area contributed by atoms with Gasteiger partial charge in [-0.05, 0) is 30.7 Å². The molecule has 1 fully saturated rings. The fourth-order valence-corrected chi connectivity index (χ4v) is 2.08. The second-order valence-electron chi connectivity index (χ2n) is 4.41. The molecule has 6 nitrogen and oxygen atoms in total. The first-order valence-electron chi connectivity index (χ1n) is 6.03. The SMILES string of the molecule is Cc1cc(NN)ccc1C(=O)N1CCOC(C#N)C1. The molecular weight excluding hydrogens is 244 g/mol. The van der Waals surface area contributed by atoms with Crippen molar-refractivity contribution in [3.63, 3.8) is 0 Å². The van der Waals surface area contributed by atoms with E-state index in [-0.39, 0.29) is 5.91 Å². The van der Waals surface area contributed by atoms with Crippen LogP contribution in [0.4, 0.5) is 5.69 Å². The molecular formula is C13H16N4O2. The minimum Gasteiger partial charge on any atom is -0.360 e. The molecule has 19 heavy (non-hydrogen) atoms. The molecule has 0 aromatic heterocycles.